The second-order valence-electron chi connectivity index (χ2n) is 4.09. The molecule has 0 aliphatic heterocycles. The summed E-state index contributed by atoms with van der Waals surface area (Å²) < 4.78 is 16.5. The summed E-state index contributed by atoms with van der Waals surface area (Å²) in [5.74, 6) is 2.66. The maximum absolute atomic E-state index is 5.85. The molecule has 0 aliphatic carbocycles. The maximum atomic E-state index is 5.85. The van der Waals surface area contributed by atoms with Crippen molar-refractivity contribution in [3.05, 3.63) is 54.1 Å². The smallest absolute Gasteiger partial charge is 0.161 e. The van der Waals surface area contributed by atoms with E-state index in [0.29, 0.717) is 30.6 Å². The molecule has 0 saturated heterocycles. The van der Waals surface area contributed by atoms with Crippen LogP contribution in [0.5, 0.6) is 17.2 Å². The molecule has 0 N–H and O–H groups in total. The van der Waals surface area contributed by atoms with E-state index in [9.17, 15) is 0 Å². The van der Waals surface area contributed by atoms with Gasteiger partial charge in [-0.2, -0.15) is 0 Å². The van der Waals surface area contributed by atoms with Gasteiger partial charge in [-0.3, -0.25) is 0 Å². The van der Waals surface area contributed by atoms with Gasteiger partial charge in [-0.05, 0) is 18.2 Å². The molecule has 3 nitrogen and oxygen atoms in total. The molecule has 0 spiro atoms. The normalized spacial score (nSPS) is 10.1. The maximum Gasteiger partial charge on any atom is 0.161 e. The number of ether oxygens (including phenoxy) is 3. The van der Waals surface area contributed by atoms with Crippen LogP contribution >= 0.6 is 11.6 Å². The zero-order valence-corrected chi connectivity index (χ0v) is 12.1. The van der Waals surface area contributed by atoms with Crippen molar-refractivity contribution in [3.8, 4) is 17.2 Å². The number of methoxy groups -OCH3 is 1. The van der Waals surface area contributed by atoms with Crippen molar-refractivity contribution in [2.75, 3.05) is 20.3 Å². The lowest BCUT2D eigenvalue weighted by Crippen LogP contribution is -2.10. The van der Waals surface area contributed by atoms with E-state index >= 15 is 0 Å². The molecule has 0 fully saturated rings. The van der Waals surface area contributed by atoms with E-state index < -0.39 is 0 Å². The lowest BCUT2D eigenvalue weighted by Gasteiger charge is -2.12. The van der Waals surface area contributed by atoms with Gasteiger partial charge in [0.2, 0.25) is 0 Å². The fourth-order valence-electron chi connectivity index (χ4n) is 1.80. The molecule has 106 valence electrons. The molecule has 0 radical (unpaired) electrons. The monoisotopic (exact) mass is 292 g/mol. The zero-order chi connectivity index (χ0) is 14.2. The topological polar surface area (TPSA) is 27.7 Å². The van der Waals surface area contributed by atoms with E-state index in [0.717, 1.165) is 11.3 Å². The van der Waals surface area contributed by atoms with E-state index in [1.807, 2.05) is 48.5 Å². The Morgan fingerprint density at radius 2 is 1.35 bits per heavy atom. The van der Waals surface area contributed by atoms with Crippen molar-refractivity contribution >= 4 is 11.6 Å². The third-order valence-electron chi connectivity index (χ3n) is 2.78. The van der Waals surface area contributed by atoms with Crippen LogP contribution in [0.4, 0.5) is 0 Å². The summed E-state index contributed by atoms with van der Waals surface area (Å²) in [6.45, 7) is 0.892. The highest BCUT2D eigenvalue weighted by Crippen LogP contribution is 2.25. The van der Waals surface area contributed by atoms with E-state index in [1.54, 1.807) is 7.11 Å². The Labute approximate surface area is 124 Å². The van der Waals surface area contributed by atoms with Crippen molar-refractivity contribution in [1.29, 1.82) is 0 Å². The quantitative estimate of drug-likeness (QED) is 0.572. The second-order valence-corrected chi connectivity index (χ2v) is 4.36. The average Bonchev–Trinajstić information content (AvgIpc) is 2.52. The van der Waals surface area contributed by atoms with Gasteiger partial charge in [0, 0.05) is 5.56 Å². The van der Waals surface area contributed by atoms with E-state index in [-0.39, 0.29) is 0 Å². The van der Waals surface area contributed by atoms with Crippen molar-refractivity contribution in [3.63, 3.8) is 0 Å². The van der Waals surface area contributed by atoms with Crippen LogP contribution in [-0.2, 0) is 5.88 Å². The molecular formula is C16H17ClO3. The summed E-state index contributed by atoms with van der Waals surface area (Å²) in [6.07, 6.45) is 0. The van der Waals surface area contributed by atoms with Crippen molar-refractivity contribution in [2.24, 2.45) is 0 Å². The fraction of sp³-hybridized carbons (Fsp3) is 0.250. The van der Waals surface area contributed by atoms with Gasteiger partial charge in [0.05, 0.1) is 13.0 Å². The first kappa shape index (κ1) is 14.5. The van der Waals surface area contributed by atoms with Crippen LogP contribution in [-0.4, -0.2) is 20.3 Å². The van der Waals surface area contributed by atoms with E-state index in [1.165, 1.54) is 0 Å². The highest BCUT2D eigenvalue weighted by Gasteiger charge is 2.04. The Hall–Kier alpha value is -1.87. The summed E-state index contributed by atoms with van der Waals surface area (Å²) in [6, 6.07) is 15.2. The summed E-state index contributed by atoms with van der Waals surface area (Å²) in [7, 11) is 1.62. The predicted octanol–water partition coefficient (Wildman–Crippen LogP) is 3.89. The third kappa shape index (κ3) is 3.81. The van der Waals surface area contributed by atoms with Crippen molar-refractivity contribution in [2.45, 2.75) is 5.88 Å². The van der Waals surface area contributed by atoms with Crippen LogP contribution in [0.2, 0.25) is 0 Å². The van der Waals surface area contributed by atoms with Crippen LogP contribution in [0.15, 0.2) is 48.5 Å². The molecule has 20 heavy (non-hydrogen) atoms. The Morgan fingerprint density at radius 1 is 0.800 bits per heavy atom. The Kier molecular flexibility index (Phi) is 5.56. The van der Waals surface area contributed by atoms with Crippen LogP contribution in [0, 0.1) is 0 Å². The molecule has 2 aromatic rings. The molecule has 2 rings (SSSR count). The Balaban J connectivity index is 1.84. The molecule has 0 amide bonds. The van der Waals surface area contributed by atoms with Crippen LogP contribution in [0.3, 0.4) is 0 Å². The number of benzene rings is 2. The summed E-state index contributed by atoms with van der Waals surface area (Å²) in [5.41, 5.74) is 0.978. The van der Waals surface area contributed by atoms with Crippen molar-refractivity contribution < 1.29 is 14.2 Å². The predicted molar refractivity (Wildman–Crippen MR) is 80.0 cm³/mol. The van der Waals surface area contributed by atoms with Crippen LogP contribution in [0.25, 0.3) is 0 Å². The lowest BCUT2D eigenvalue weighted by molar-refractivity contribution is 0.210. The fourth-order valence-corrected chi connectivity index (χ4v) is 2.02. The average molecular weight is 293 g/mol. The lowest BCUT2D eigenvalue weighted by atomic mass is 10.2. The Bertz CT molecular complexity index is 493. The number of rotatable bonds is 7. The highest BCUT2D eigenvalue weighted by atomic mass is 35.5. The van der Waals surface area contributed by atoms with Gasteiger partial charge in [-0.15, -0.1) is 11.6 Å². The molecular weight excluding hydrogens is 276 g/mol. The van der Waals surface area contributed by atoms with Crippen LogP contribution in [0.1, 0.15) is 5.56 Å². The number of para-hydroxylation sites is 3. The SMILES string of the molecule is COc1ccccc1OCCOc1ccccc1CCl. The van der Waals surface area contributed by atoms with Gasteiger partial charge < -0.3 is 14.2 Å². The van der Waals surface area contributed by atoms with Crippen LogP contribution < -0.4 is 14.2 Å². The molecule has 0 aromatic heterocycles. The second kappa shape index (κ2) is 7.65. The molecule has 0 heterocycles. The first-order valence-electron chi connectivity index (χ1n) is 6.37. The molecule has 0 aliphatic rings. The molecule has 0 atom stereocenters. The summed E-state index contributed by atoms with van der Waals surface area (Å²) >= 11 is 5.85. The molecule has 0 bridgehead atoms. The zero-order valence-electron chi connectivity index (χ0n) is 11.3. The molecule has 0 saturated carbocycles. The number of alkyl halides is 1. The third-order valence-corrected chi connectivity index (χ3v) is 3.07. The van der Waals surface area contributed by atoms with Gasteiger partial charge >= 0.3 is 0 Å². The van der Waals surface area contributed by atoms with Gasteiger partial charge in [-0.1, -0.05) is 30.3 Å². The van der Waals surface area contributed by atoms with Gasteiger partial charge in [0.15, 0.2) is 11.5 Å². The molecule has 4 heteroatoms. The van der Waals surface area contributed by atoms with Gasteiger partial charge in [0.1, 0.15) is 19.0 Å². The summed E-state index contributed by atoms with van der Waals surface area (Å²) in [5, 5.41) is 0. The first-order chi connectivity index (χ1) is 9.85. The minimum absolute atomic E-state index is 0.434. The van der Waals surface area contributed by atoms with E-state index in [2.05, 4.69) is 0 Å². The first-order valence-corrected chi connectivity index (χ1v) is 6.91. The van der Waals surface area contributed by atoms with E-state index in [4.69, 9.17) is 25.8 Å². The molecule has 0 unspecified atom stereocenters. The van der Waals surface area contributed by atoms with Crippen molar-refractivity contribution in [1.82, 2.24) is 0 Å². The summed E-state index contributed by atoms with van der Waals surface area (Å²) in [4.78, 5) is 0. The number of hydrogen-bond donors (Lipinski definition) is 0. The van der Waals surface area contributed by atoms with Gasteiger partial charge in [-0.25, -0.2) is 0 Å². The standard InChI is InChI=1S/C16H17ClO3/c1-18-15-8-4-5-9-16(15)20-11-10-19-14-7-3-2-6-13(14)12-17/h2-9H,10-12H2,1H3. The number of hydrogen-bond acceptors (Lipinski definition) is 3. The Morgan fingerprint density at radius 3 is 2.00 bits per heavy atom. The minimum Gasteiger partial charge on any atom is -0.493 e. The highest BCUT2D eigenvalue weighted by molar-refractivity contribution is 6.17. The minimum atomic E-state index is 0.434. The molecule has 2 aromatic carbocycles. The number of halogens is 1. The van der Waals surface area contributed by atoms with Gasteiger partial charge in [0.25, 0.3) is 0 Å². The largest absolute Gasteiger partial charge is 0.493 e.